The fraction of sp³-hybridized carbons (Fsp3) is 0.740. The molecule has 0 aromatic carbocycles. The first kappa shape index (κ1) is 87.5. The highest BCUT2D eigenvalue weighted by Gasteiger charge is 2.29. The van der Waals surface area contributed by atoms with Crippen molar-refractivity contribution in [3.63, 3.8) is 0 Å². The molecule has 0 saturated carbocycles. The number of hydrogen-bond donors (Lipinski definition) is 4. The van der Waals surface area contributed by atoms with Crippen LogP contribution in [-0.2, 0) is 55.8 Å². The zero-order valence-electron chi connectivity index (χ0n) is 57.0. The molecule has 91 heavy (non-hydrogen) atoms. The van der Waals surface area contributed by atoms with E-state index in [2.05, 4.69) is 118 Å². The minimum absolute atomic E-state index is 0.0874. The van der Waals surface area contributed by atoms with Crippen molar-refractivity contribution >= 4 is 33.6 Å². The number of phosphoric acid groups is 2. The molecule has 5 atom stereocenters. The minimum Gasteiger partial charge on any atom is -0.463 e. The van der Waals surface area contributed by atoms with Crippen LogP contribution < -0.4 is 0 Å². The normalized spacial score (nSPS) is 14.8. The van der Waals surface area contributed by atoms with E-state index in [4.69, 9.17) is 32.3 Å². The number of unbranched alkanes of at least 4 members (excludes halogenated alkanes) is 28. The zero-order chi connectivity index (χ0) is 66.7. The van der Waals surface area contributed by atoms with Crippen molar-refractivity contribution in [3.8, 4) is 0 Å². The molecular formula is C73H128O16P2. The van der Waals surface area contributed by atoms with Gasteiger partial charge in [0.1, 0.15) is 25.4 Å². The molecule has 0 fully saturated rings. The van der Waals surface area contributed by atoms with Gasteiger partial charge in [-0.25, -0.2) is 9.13 Å². The van der Waals surface area contributed by atoms with Crippen LogP contribution in [0.5, 0.6) is 0 Å². The lowest BCUT2D eigenvalue weighted by Crippen LogP contribution is -2.30. The fourth-order valence-electron chi connectivity index (χ4n) is 9.34. The summed E-state index contributed by atoms with van der Waals surface area (Å²) in [7, 11) is -9.78. The summed E-state index contributed by atoms with van der Waals surface area (Å²) in [6.45, 7) is 2.47. The molecule has 0 aliphatic rings. The summed E-state index contributed by atoms with van der Waals surface area (Å²) in [6.07, 6.45) is 73.2. The van der Waals surface area contributed by atoms with Gasteiger partial charge in [-0.2, -0.15) is 0 Å². The molecule has 0 radical (unpaired) electrons. The number of esters is 3. The van der Waals surface area contributed by atoms with E-state index in [1.165, 1.54) is 83.5 Å². The first-order valence-corrected chi connectivity index (χ1v) is 38.5. The third-order valence-corrected chi connectivity index (χ3v) is 16.6. The maximum absolute atomic E-state index is 12.9. The second-order valence-corrected chi connectivity index (χ2v) is 26.6. The Morgan fingerprint density at radius 3 is 0.978 bits per heavy atom. The smallest absolute Gasteiger partial charge is 0.463 e. The Kier molecular flexibility index (Phi) is 63.9. The van der Waals surface area contributed by atoms with Crippen molar-refractivity contribution < 1.29 is 75.8 Å². The number of ether oxygens (including phenoxy) is 3. The Morgan fingerprint density at radius 2 is 0.604 bits per heavy atom. The fourth-order valence-corrected chi connectivity index (χ4v) is 10.9. The standard InChI is InChI=1S/C73H128O16P2/c1-4-7-10-13-16-19-22-25-27-28-29-30-31-32-33-34-35-36-37-38-40-43-44-47-50-53-56-59-71(76)83-62-68(74)63-85-90(79,80)86-64-69(75)65-87-91(81,82)88-67-70(89-73(78)61-58-55-52-49-46-41-24-21-18-15-12-9-6-3)66-84-72(77)60-57-54-51-48-45-42-39-26-23-20-17-14-11-8-5-2/h7,10,12,15-16,19,21,24-27,29-30,32-33,39,68-70,74-75H,4-6,8-9,11,13-14,17-18,20,22-23,28,31,34-38,40-67H2,1-3H3,(H,79,80)(H,81,82)/b10-7-,15-12-,19-16-,24-21-,27-25-,30-29-,33-32-,39-26-. The van der Waals surface area contributed by atoms with Crippen LogP contribution in [0.25, 0.3) is 0 Å². The van der Waals surface area contributed by atoms with Gasteiger partial charge in [-0.15, -0.1) is 0 Å². The molecule has 0 rings (SSSR count). The van der Waals surface area contributed by atoms with Crippen molar-refractivity contribution in [2.45, 2.75) is 309 Å². The van der Waals surface area contributed by atoms with E-state index >= 15 is 0 Å². The summed E-state index contributed by atoms with van der Waals surface area (Å²) in [5, 5.41) is 20.6. The van der Waals surface area contributed by atoms with Crippen molar-refractivity contribution in [3.05, 3.63) is 97.2 Å². The van der Waals surface area contributed by atoms with Crippen molar-refractivity contribution in [1.29, 1.82) is 0 Å². The number of rotatable bonds is 67. The first-order chi connectivity index (χ1) is 44.2. The monoisotopic (exact) mass is 1320 g/mol. The van der Waals surface area contributed by atoms with E-state index in [0.29, 0.717) is 19.3 Å². The highest BCUT2D eigenvalue weighted by atomic mass is 31.2. The molecule has 18 heteroatoms. The molecule has 0 aromatic heterocycles. The van der Waals surface area contributed by atoms with Gasteiger partial charge < -0.3 is 34.2 Å². The van der Waals surface area contributed by atoms with Gasteiger partial charge in [-0.1, -0.05) is 253 Å². The van der Waals surface area contributed by atoms with Crippen LogP contribution >= 0.6 is 15.6 Å². The van der Waals surface area contributed by atoms with Gasteiger partial charge >= 0.3 is 33.6 Å². The third-order valence-electron chi connectivity index (χ3n) is 14.7. The second-order valence-electron chi connectivity index (χ2n) is 23.6. The van der Waals surface area contributed by atoms with Gasteiger partial charge in [0.05, 0.1) is 26.4 Å². The Morgan fingerprint density at radius 1 is 0.319 bits per heavy atom. The molecule has 0 heterocycles. The van der Waals surface area contributed by atoms with Crippen LogP contribution in [0, 0.1) is 0 Å². The molecule has 526 valence electrons. The number of aliphatic hydroxyl groups is 2. The van der Waals surface area contributed by atoms with Gasteiger partial charge in [0.15, 0.2) is 6.10 Å². The number of aliphatic hydroxyl groups excluding tert-OH is 2. The average Bonchev–Trinajstić information content (AvgIpc) is 3.70. The van der Waals surface area contributed by atoms with E-state index in [-0.39, 0.29) is 19.3 Å². The molecule has 0 spiro atoms. The SMILES string of the molecule is CC/C=C\C/C=C\C/C=C\C/C=C\C/C=C\CCCCCCCCCCCCCC(=O)OCC(O)COP(=O)(O)OCC(O)COP(=O)(O)OCC(COC(=O)CCCCCCC/C=C\CCCCCCCC)OC(=O)CCCCCCC/C=C\C/C=C\CCC. The molecule has 0 saturated heterocycles. The van der Waals surface area contributed by atoms with E-state index in [0.717, 1.165) is 148 Å². The predicted molar refractivity (Wildman–Crippen MR) is 371 cm³/mol. The lowest BCUT2D eigenvalue weighted by molar-refractivity contribution is -0.161. The van der Waals surface area contributed by atoms with Gasteiger partial charge in [0, 0.05) is 19.3 Å². The molecular weight excluding hydrogens is 1190 g/mol. The molecule has 4 N–H and O–H groups in total. The summed E-state index contributed by atoms with van der Waals surface area (Å²) >= 11 is 0. The topological polar surface area (TPSA) is 231 Å². The number of carbonyl (C=O) groups is 3. The highest BCUT2D eigenvalue weighted by molar-refractivity contribution is 7.47. The highest BCUT2D eigenvalue weighted by Crippen LogP contribution is 2.45. The van der Waals surface area contributed by atoms with Crippen molar-refractivity contribution in [2.75, 3.05) is 39.6 Å². The Balaban J connectivity index is 4.49. The molecule has 0 amide bonds. The molecule has 0 aliphatic carbocycles. The lowest BCUT2D eigenvalue weighted by Gasteiger charge is -2.21. The van der Waals surface area contributed by atoms with Gasteiger partial charge in [0.2, 0.25) is 0 Å². The van der Waals surface area contributed by atoms with E-state index in [9.17, 15) is 43.5 Å². The lowest BCUT2D eigenvalue weighted by atomic mass is 10.0. The average molecular weight is 1320 g/mol. The molecule has 16 nitrogen and oxygen atoms in total. The molecule has 0 aromatic rings. The van der Waals surface area contributed by atoms with E-state index < -0.39 is 91.5 Å². The van der Waals surface area contributed by atoms with E-state index in [1.807, 2.05) is 0 Å². The van der Waals surface area contributed by atoms with Crippen molar-refractivity contribution in [2.24, 2.45) is 0 Å². The van der Waals surface area contributed by atoms with Crippen LogP contribution in [0.2, 0.25) is 0 Å². The summed E-state index contributed by atoms with van der Waals surface area (Å²) in [5.74, 6) is -1.60. The first-order valence-electron chi connectivity index (χ1n) is 35.5. The number of phosphoric ester groups is 2. The largest absolute Gasteiger partial charge is 0.472 e. The van der Waals surface area contributed by atoms with Crippen LogP contribution in [-0.4, -0.2) is 95.9 Å². The van der Waals surface area contributed by atoms with Gasteiger partial charge in [0.25, 0.3) is 0 Å². The quantitative estimate of drug-likeness (QED) is 0.0146. The Hall–Kier alpha value is -3.53. The summed E-state index contributed by atoms with van der Waals surface area (Å²) in [4.78, 5) is 58.3. The maximum Gasteiger partial charge on any atom is 0.472 e. The molecule has 0 aliphatic heterocycles. The summed E-state index contributed by atoms with van der Waals surface area (Å²) in [5.41, 5.74) is 0. The van der Waals surface area contributed by atoms with E-state index in [1.54, 1.807) is 0 Å². The van der Waals surface area contributed by atoms with Gasteiger partial charge in [-0.3, -0.25) is 32.5 Å². The number of carbonyl (C=O) groups excluding carboxylic acids is 3. The minimum atomic E-state index is -4.93. The number of hydrogen-bond acceptors (Lipinski definition) is 14. The Labute approximate surface area is 552 Å². The molecule has 0 bridgehead atoms. The number of allylic oxidation sites excluding steroid dienone is 16. The summed E-state index contributed by atoms with van der Waals surface area (Å²) in [6, 6.07) is 0. The van der Waals surface area contributed by atoms with Crippen LogP contribution in [0.4, 0.5) is 0 Å². The van der Waals surface area contributed by atoms with Crippen molar-refractivity contribution in [1.82, 2.24) is 0 Å². The maximum atomic E-state index is 12.9. The van der Waals surface area contributed by atoms with Crippen LogP contribution in [0.15, 0.2) is 97.2 Å². The van der Waals surface area contributed by atoms with Gasteiger partial charge in [-0.05, 0) is 116 Å². The second kappa shape index (κ2) is 66.5. The molecule has 5 unspecified atom stereocenters. The van der Waals surface area contributed by atoms with Crippen LogP contribution in [0.3, 0.4) is 0 Å². The summed E-state index contributed by atoms with van der Waals surface area (Å²) < 4.78 is 60.9. The zero-order valence-corrected chi connectivity index (χ0v) is 58.8. The predicted octanol–water partition coefficient (Wildman–Crippen LogP) is 19.9. The van der Waals surface area contributed by atoms with Crippen LogP contribution in [0.1, 0.15) is 290 Å². The Bertz CT molecular complexity index is 2050. The third kappa shape index (κ3) is 67.7.